The standard InChI is InChI=1S/C18H20O4/c1-10-6-5-7-18(2)9-12-11(8-13(10)18)14(19)16(21-3)17(22-4)15(12)20/h5,7,13H,1,6,8-9H2,2-4H3/t13-,18+/m1/s1. The molecule has 0 saturated carbocycles. The second-order valence-corrected chi connectivity index (χ2v) is 6.39. The van der Waals surface area contributed by atoms with Crippen LogP contribution in [0.2, 0.25) is 0 Å². The highest BCUT2D eigenvalue weighted by Crippen LogP contribution is 2.52. The maximum Gasteiger partial charge on any atom is 0.228 e. The van der Waals surface area contributed by atoms with Crippen molar-refractivity contribution >= 4 is 11.6 Å². The van der Waals surface area contributed by atoms with Gasteiger partial charge in [-0.3, -0.25) is 9.59 Å². The lowest BCUT2D eigenvalue weighted by Gasteiger charge is -2.44. The maximum absolute atomic E-state index is 12.7. The molecule has 0 aromatic rings. The molecule has 3 rings (SSSR count). The van der Waals surface area contributed by atoms with Gasteiger partial charge in [0.15, 0.2) is 0 Å². The molecular formula is C18H20O4. The van der Waals surface area contributed by atoms with Gasteiger partial charge in [-0.2, -0.15) is 0 Å². The van der Waals surface area contributed by atoms with Crippen molar-refractivity contribution in [3.63, 3.8) is 0 Å². The highest BCUT2D eigenvalue weighted by atomic mass is 16.5. The SMILES string of the molecule is C=C1CC=C[C@@]2(C)CC3=C(C[C@H]12)C(=O)C(OC)=C(OC)C3=O. The number of Topliss-reactive ketones (excluding diaryl/α,β-unsaturated/α-hetero) is 2. The molecule has 0 aliphatic heterocycles. The van der Waals surface area contributed by atoms with E-state index in [2.05, 4.69) is 25.7 Å². The van der Waals surface area contributed by atoms with Gasteiger partial charge in [0, 0.05) is 11.1 Å². The molecule has 0 radical (unpaired) electrons. The summed E-state index contributed by atoms with van der Waals surface area (Å²) in [5.74, 6) is -0.217. The Labute approximate surface area is 130 Å². The average Bonchev–Trinajstić information content (AvgIpc) is 2.49. The summed E-state index contributed by atoms with van der Waals surface area (Å²) in [6, 6.07) is 0. The number of rotatable bonds is 2. The van der Waals surface area contributed by atoms with E-state index in [9.17, 15) is 9.59 Å². The van der Waals surface area contributed by atoms with E-state index >= 15 is 0 Å². The zero-order valence-corrected chi connectivity index (χ0v) is 13.2. The van der Waals surface area contributed by atoms with Crippen LogP contribution in [-0.2, 0) is 19.1 Å². The van der Waals surface area contributed by atoms with Crippen molar-refractivity contribution in [2.24, 2.45) is 11.3 Å². The average molecular weight is 300 g/mol. The van der Waals surface area contributed by atoms with E-state index in [4.69, 9.17) is 9.47 Å². The number of ether oxygens (including phenoxy) is 2. The molecule has 0 amide bonds. The molecule has 116 valence electrons. The molecule has 2 atom stereocenters. The number of hydrogen-bond donors (Lipinski definition) is 0. The number of methoxy groups -OCH3 is 2. The van der Waals surface area contributed by atoms with Crippen LogP contribution < -0.4 is 0 Å². The summed E-state index contributed by atoms with van der Waals surface area (Å²) in [6.07, 6.45) is 6.19. The molecule has 0 N–H and O–H groups in total. The number of hydrogen-bond acceptors (Lipinski definition) is 4. The van der Waals surface area contributed by atoms with Gasteiger partial charge in [-0.05, 0) is 30.6 Å². The molecule has 4 heteroatoms. The Morgan fingerprint density at radius 2 is 1.73 bits per heavy atom. The summed E-state index contributed by atoms with van der Waals surface area (Å²) in [5.41, 5.74) is 2.10. The topological polar surface area (TPSA) is 52.6 Å². The van der Waals surface area contributed by atoms with E-state index in [0.29, 0.717) is 24.0 Å². The van der Waals surface area contributed by atoms with Gasteiger partial charge >= 0.3 is 0 Å². The number of allylic oxidation sites excluding steroid dienone is 5. The van der Waals surface area contributed by atoms with Gasteiger partial charge < -0.3 is 9.47 Å². The highest BCUT2D eigenvalue weighted by molar-refractivity contribution is 6.23. The quantitative estimate of drug-likeness (QED) is 0.581. The fraction of sp³-hybridized carbons (Fsp3) is 0.444. The first kappa shape index (κ1) is 14.8. The number of carbonyl (C=O) groups is 2. The number of fused-ring (bicyclic) bond motifs is 1. The normalized spacial score (nSPS) is 31.2. The molecule has 0 spiro atoms. The Morgan fingerprint density at radius 1 is 1.14 bits per heavy atom. The van der Waals surface area contributed by atoms with E-state index in [1.807, 2.05) is 0 Å². The molecule has 0 heterocycles. The van der Waals surface area contributed by atoms with Crippen molar-refractivity contribution in [2.75, 3.05) is 14.2 Å². The summed E-state index contributed by atoms with van der Waals surface area (Å²) < 4.78 is 10.3. The molecule has 0 unspecified atom stereocenters. The second kappa shape index (κ2) is 4.97. The summed E-state index contributed by atoms with van der Waals surface area (Å²) in [4.78, 5) is 25.4. The van der Waals surface area contributed by atoms with Crippen molar-refractivity contribution in [3.05, 3.63) is 47.0 Å². The number of ketones is 2. The van der Waals surface area contributed by atoms with Gasteiger partial charge in [0.25, 0.3) is 0 Å². The Balaban J connectivity index is 2.09. The van der Waals surface area contributed by atoms with Crippen LogP contribution in [0.5, 0.6) is 0 Å². The van der Waals surface area contributed by atoms with Crippen molar-refractivity contribution in [1.29, 1.82) is 0 Å². The molecule has 0 aromatic carbocycles. The molecular weight excluding hydrogens is 280 g/mol. The van der Waals surface area contributed by atoms with Crippen LogP contribution in [0.15, 0.2) is 47.0 Å². The monoisotopic (exact) mass is 300 g/mol. The van der Waals surface area contributed by atoms with Crippen LogP contribution in [0.4, 0.5) is 0 Å². The Morgan fingerprint density at radius 3 is 2.32 bits per heavy atom. The Hall–Kier alpha value is -2.10. The van der Waals surface area contributed by atoms with Crippen molar-refractivity contribution in [1.82, 2.24) is 0 Å². The molecule has 3 aliphatic carbocycles. The lowest BCUT2D eigenvalue weighted by Crippen LogP contribution is -2.39. The number of carbonyl (C=O) groups excluding carboxylic acids is 2. The summed E-state index contributed by atoms with van der Waals surface area (Å²) >= 11 is 0. The zero-order valence-electron chi connectivity index (χ0n) is 13.2. The van der Waals surface area contributed by atoms with Crippen LogP contribution in [0, 0.1) is 11.3 Å². The third kappa shape index (κ3) is 1.90. The Bertz CT molecular complexity index is 677. The lowest BCUT2D eigenvalue weighted by molar-refractivity contribution is -0.122. The van der Waals surface area contributed by atoms with Gasteiger partial charge in [0.05, 0.1) is 14.2 Å². The molecule has 22 heavy (non-hydrogen) atoms. The van der Waals surface area contributed by atoms with Gasteiger partial charge in [-0.25, -0.2) is 0 Å². The third-order valence-corrected chi connectivity index (χ3v) is 5.07. The molecule has 0 aromatic heterocycles. The molecule has 4 nitrogen and oxygen atoms in total. The van der Waals surface area contributed by atoms with Crippen LogP contribution in [0.3, 0.4) is 0 Å². The van der Waals surface area contributed by atoms with Crippen LogP contribution in [-0.4, -0.2) is 25.8 Å². The molecule has 0 bridgehead atoms. The second-order valence-electron chi connectivity index (χ2n) is 6.39. The summed E-state index contributed by atoms with van der Waals surface area (Å²) in [5, 5.41) is 0. The van der Waals surface area contributed by atoms with Gasteiger partial charge in [-0.1, -0.05) is 31.2 Å². The van der Waals surface area contributed by atoms with Crippen molar-refractivity contribution < 1.29 is 19.1 Å². The third-order valence-electron chi connectivity index (χ3n) is 5.07. The Kier molecular flexibility index (Phi) is 3.35. The predicted molar refractivity (Wildman–Crippen MR) is 81.8 cm³/mol. The fourth-order valence-corrected chi connectivity index (χ4v) is 3.88. The van der Waals surface area contributed by atoms with E-state index in [1.54, 1.807) is 0 Å². The smallest absolute Gasteiger partial charge is 0.228 e. The molecule has 0 saturated heterocycles. The first-order valence-electron chi connectivity index (χ1n) is 7.42. The molecule has 0 fully saturated rings. The largest absolute Gasteiger partial charge is 0.489 e. The maximum atomic E-state index is 12.7. The minimum atomic E-state index is -0.224. The van der Waals surface area contributed by atoms with E-state index in [0.717, 1.165) is 12.0 Å². The van der Waals surface area contributed by atoms with Crippen molar-refractivity contribution in [3.8, 4) is 0 Å². The zero-order chi connectivity index (χ0) is 16.1. The minimum Gasteiger partial charge on any atom is -0.489 e. The van der Waals surface area contributed by atoms with Gasteiger partial charge in [0.1, 0.15) is 0 Å². The van der Waals surface area contributed by atoms with Crippen molar-refractivity contribution in [2.45, 2.75) is 26.2 Å². The van der Waals surface area contributed by atoms with E-state index < -0.39 is 0 Å². The fourth-order valence-electron chi connectivity index (χ4n) is 3.88. The summed E-state index contributed by atoms with van der Waals surface area (Å²) in [7, 11) is 2.78. The predicted octanol–water partition coefficient (Wildman–Crippen LogP) is 2.87. The van der Waals surface area contributed by atoms with Gasteiger partial charge in [0.2, 0.25) is 23.1 Å². The van der Waals surface area contributed by atoms with E-state index in [1.165, 1.54) is 14.2 Å². The first-order chi connectivity index (χ1) is 10.4. The molecule has 3 aliphatic rings. The minimum absolute atomic E-state index is 0.0202. The van der Waals surface area contributed by atoms with Crippen LogP contribution in [0.25, 0.3) is 0 Å². The van der Waals surface area contributed by atoms with Gasteiger partial charge in [-0.15, -0.1) is 0 Å². The summed E-state index contributed by atoms with van der Waals surface area (Å²) in [6.45, 7) is 6.28. The first-order valence-corrected chi connectivity index (χ1v) is 7.42. The highest BCUT2D eigenvalue weighted by Gasteiger charge is 2.47. The van der Waals surface area contributed by atoms with Crippen LogP contribution in [0.1, 0.15) is 26.2 Å². The van der Waals surface area contributed by atoms with E-state index in [-0.39, 0.29) is 34.4 Å². The van der Waals surface area contributed by atoms with Crippen LogP contribution >= 0.6 is 0 Å². The lowest BCUT2D eigenvalue weighted by atomic mass is 9.59.